The van der Waals surface area contributed by atoms with Gasteiger partial charge in [-0.25, -0.2) is 0 Å². The average molecular weight is 734 g/mol. The van der Waals surface area contributed by atoms with E-state index in [1.165, 1.54) is 6.92 Å². The van der Waals surface area contributed by atoms with E-state index in [9.17, 15) is 29.4 Å². The molecule has 1 aliphatic heterocycles. The molecule has 1 aromatic heterocycles. The smallest absolute Gasteiger partial charge is 0.321 e. The molecule has 1 saturated heterocycles. The van der Waals surface area contributed by atoms with Gasteiger partial charge in [-0.3, -0.25) is 34.4 Å². The minimum Gasteiger partial charge on any atom is -0.484 e. The number of pyridine rings is 1. The lowest BCUT2D eigenvalue weighted by Crippen LogP contribution is -2.52. The molecule has 282 valence electrons. The van der Waals surface area contributed by atoms with E-state index >= 15 is 0 Å². The van der Waals surface area contributed by atoms with Crippen molar-refractivity contribution in [2.75, 3.05) is 18.1 Å². The second-order valence-corrected chi connectivity index (χ2v) is 14.1. The van der Waals surface area contributed by atoms with Crippen molar-refractivity contribution >= 4 is 29.4 Å². The Balaban J connectivity index is 1.26. The summed E-state index contributed by atoms with van der Waals surface area (Å²) < 4.78 is 5.88. The van der Waals surface area contributed by atoms with Crippen molar-refractivity contribution in [2.45, 2.75) is 76.3 Å². The lowest BCUT2D eigenvalue weighted by atomic mass is 9.80. The van der Waals surface area contributed by atoms with Gasteiger partial charge in [-0.05, 0) is 72.7 Å². The number of benzene rings is 3. The third-order valence-electron chi connectivity index (χ3n) is 10.5. The Morgan fingerprint density at radius 2 is 1.61 bits per heavy atom. The van der Waals surface area contributed by atoms with Gasteiger partial charge in [-0.1, -0.05) is 79.6 Å². The van der Waals surface area contributed by atoms with Crippen LogP contribution in [0.2, 0.25) is 0 Å². The number of anilines is 1. The number of aliphatic hydroxyl groups is 1. The Morgan fingerprint density at radius 1 is 0.926 bits per heavy atom. The molecule has 1 aliphatic carbocycles. The molecule has 0 radical (unpaired) electrons. The van der Waals surface area contributed by atoms with E-state index in [-0.39, 0.29) is 37.2 Å². The molecule has 3 aromatic carbocycles. The topological polar surface area (TPSA) is 161 Å². The molecular formula is C42H47N5O7. The van der Waals surface area contributed by atoms with Crippen LogP contribution in [0.5, 0.6) is 5.75 Å². The summed E-state index contributed by atoms with van der Waals surface area (Å²) in [6, 6.07) is 27.2. The summed E-state index contributed by atoms with van der Waals surface area (Å²) in [7, 11) is 0. The lowest BCUT2D eigenvalue weighted by molar-refractivity contribution is -0.141. The molecule has 2 fully saturated rings. The first-order valence-corrected chi connectivity index (χ1v) is 18.4. The summed E-state index contributed by atoms with van der Waals surface area (Å²) in [5.74, 6) is -1.35. The SMILES string of the molecule is CC(=O)NCCC1([C@H](O)NC(Cc2ccc(N3C(=O)[C@@H](Cc4cccnc4)N(C(=O)COc4ccccc4)C3c3ccccc3)cc2)C(=O)O)CCCC1. The Morgan fingerprint density at radius 3 is 2.24 bits per heavy atom. The number of nitrogens with one attached hydrogen (secondary N) is 2. The summed E-state index contributed by atoms with van der Waals surface area (Å²) in [6.45, 7) is 1.57. The minimum absolute atomic E-state index is 0.0789. The number of carboxylic acids is 1. The fourth-order valence-electron chi connectivity index (χ4n) is 7.71. The molecule has 12 heteroatoms. The molecule has 2 unspecified atom stereocenters. The van der Waals surface area contributed by atoms with E-state index in [1.807, 2.05) is 54.6 Å². The number of amides is 3. The molecule has 54 heavy (non-hydrogen) atoms. The van der Waals surface area contributed by atoms with E-state index in [1.54, 1.807) is 64.7 Å². The van der Waals surface area contributed by atoms with Crippen LogP contribution >= 0.6 is 0 Å². The van der Waals surface area contributed by atoms with E-state index in [4.69, 9.17) is 4.74 Å². The highest BCUT2D eigenvalue weighted by Gasteiger charge is 2.50. The molecule has 2 heterocycles. The first kappa shape index (κ1) is 38.1. The van der Waals surface area contributed by atoms with Gasteiger partial charge in [0.05, 0.1) is 0 Å². The quantitative estimate of drug-likeness (QED) is 0.120. The second kappa shape index (κ2) is 17.5. The highest BCUT2D eigenvalue weighted by atomic mass is 16.5. The van der Waals surface area contributed by atoms with Crippen LogP contribution in [-0.2, 0) is 32.0 Å². The van der Waals surface area contributed by atoms with Crippen LogP contribution in [0.15, 0.2) is 109 Å². The Kier molecular flexibility index (Phi) is 12.4. The summed E-state index contributed by atoms with van der Waals surface area (Å²) >= 11 is 0. The molecule has 3 amide bonds. The predicted molar refractivity (Wildman–Crippen MR) is 202 cm³/mol. The zero-order chi connectivity index (χ0) is 38.1. The van der Waals surface area contributed by atoms with E-state index in [0.29, 0.717) is 30.0 Å². The summed E-state index contributed by atoms with van der Waals surface area (Å²) in [4.78, 5) is 60.1. The van der Waals surface area contributed by atoms with Gasteiger partial charge in [0, 0.05) is 43.4 Å². The van der Waals surface area contributed by atoms with Crippen molar-refractivity contribution in [1.82, 2.24) is 20.5 Å². The summed E-state index contributed by atoms with van der Waals surface area (Å²) in [6.07, 6.45) is 5.63. The number of aromatic nitrogens is 1. The van der Waals surface area contributed by atoms with Crippen LogP contribution in [-0.4, -0.2) is 75.3 Å². The zero-order valence-corrected chi connectivity index (χ0v) is 30.3. The molecule has 1 saturated carbocycles. The monoisotopic (exact) mass is 733 g/mol. The molecule has 4 atom stereocenters. The maximum Gasteiger partial charge on any atom is 0.321 e. The number of carbonyl (C=O) groups excluding carboxylic acids is 3. The van der Waals surface area contributed by atoms with Crippen LogP contribution in [0, 0.1) is 5.41 Å². The fourth-order valence-corrected chi connectivity index (χ4v) is 7.71. The number of aliphatic hydroxyl groups excluding tert-OH is 1. The predicted octanol–water partition coefficient (Wildman–Crippen LogP) is 4.64. The van der Waals surface area contributed by atoms with Gasteiger partial charge in [0.1, 0.15) is 30.2 Å². The molecule has 0 spiro atoms. The van der Waals surface area contributed by atoms with E-state index in [2.05, 4.69) is 15.6 Å². The van der Waals surface area contributed by atoms with Crippen molar-refractivity contribution in [1.29, 1.82) is 0 Å². The molecule has 4 N–H and O–H groups in total. The number of para-hydroxylation sites is 1. The third kappa shape index (κ3) is 8.95. The molecular weight excluding hydrogens is 686 g/mol. The maximum atomic E-state index is 14.6. The Bertz CT molecular complexity index is 1870. The number of carboxylic acid groups (broad SMARTS) is 1. The number of carbonyl (C=O) groups is 4. The van der Waals surface area contributed by atoms with Crippen molar-refractivity contribution < 1.29 is 34.1 Å². The number of rotatable bonds is 16. The normalized spacial score (nSPS) is 19.0. The molecule has 12 nitrogen and oxygen atoms in total. The van der Waals surface area contributed by atoms with Crippen molar-refractivity contribution in [3.8, 4) is 5.75 Å². The Hall–Kier alpha value is -5.59. The maximum absolute atomic E-state index is 14.6. The largest absolute Gasteiger partial charge is 0.484 e. The van der Waals surface area contributed by atoms with Gasteiger partial charge >= 0.3 is 5.97 Å². The first-order chi connectivity index (χ1) is 26.1. The number of hydrogen-bond acceptors (Lipinski definition) is 8. The van der Waals surface area contributed by atoms with Crippen LogP contribution < -0.4 is 20.3 Å². The lowest BCUT2D eigenvalue weighted by Gasteiger charge is -2.36. The van der Waals surface area contributed by atoms with Crippen LogP contribution in [0.25, 0.3) is 0 Å². The van der Waals surface area contributed by atoms with E-state index in [0.717, 1.165) is 36.8 Å². The third-order valence-corrected chi connectivity index (χ3v) is 10.5. The first-order valence-electron chi connectivity index (χ1n) is 18.4. The number of ether oxygens (including phenoxy) is 1. The number of hydrogen-bond donors (Lipinski definition) is 4. The Labute approximate surface area is 315 Å². The highest BCUT2D eigenvalue weighted by Crippen LogP contribution is 2.44. The minimum atomic E-state index is -1.10. The van der Waals surface area contributed by atoms with Gasteiger partial charge in [0.15, 0.2) is 6.61 Å². The summed E-state index contributed by atoms with van der Waals surface area (Å²) in [5, 5.41) is 27.3. The number of aliphatic carboxylic acids is 1. The van der Waals surface area contributed by atoms with Crippen molar-refractivity contribution in [2.24, 2.45) is 5.41 Å². The van der Waals surface area contributed by atoms with Crippen LogP contribution in [0.4, 0.5) is 5.69 Å². The zero-order valence-electron chi connectivity index (χ0n) is 30.3. The van der Waals surface area contributed by atoms with Gasteiger partial charge in [0.25, 0.3) is 11.8 Å². The molecule has 0 bridgehead atoms. The average Bonchev–Trinajstić information content (AvgIpc) is 3.78. The van der Waals surface area contributed by atoms with Crippen molar-refractivity contribution in [3.63, 3.8) is 0 Å². The van der Waals surface area contributed by atoms with Gasteiger partial charge in [-0.15, -0.1) is 0 Å². The van der Waals surface area contributed by atoms with Gasteiger partial charge < -0.3 is 25.2 Å². The summed E-state index contributed by atoms with van der Waals surface area (Å²) in [5.41, 5.74) is 2.22. The second-order valence-electron chi connectivity index (χ2n) is 14.1. The fraction of sp³-hybridized carbons (Fsp3) is 0.357. The molecule has 2 aliphatic rings. The molecule has 6 rings (SSSR count). The molecule has 4 aromatic rings. The number of nitrogens with zero attached hydrogens (tertiary/aromatic N) is 3. The van der Waals surface area contributed by atoms with E-state index < -0.39 is 35.9 Å². The van der Waals surface area contributed by atoms with Crippen LogP contribution in [0.3, 0.4) is 0 Å². The standard InChI is InChI=1S/C42H47N5O7/c1-29(48)44-24-22-42(20-8-9-21-42)41(53)45-35(40(51)52)25-30-16-18-33(19-17-30)46-38(32-12-4-2-5-13-32)47(37(49)28-54-34-14-6-3-7-15-34)36(39(46)50)26-31-11-10-23-43-27-31/h2-7,10-19,23,27,35-36,38,41,45,53H,8-9,20-22,24-26,28H2,1H3,(H,44,48)(H,51,52)/t35?,36-,38?,41+/m1/s1. The van der Waals surface area contributed by atoms with Crippen LogP contribution in [0.1, 0.15) is 61.9 Å². The van der Waals surface area contributed by atoms with Gasteiger partial charge in [-0.2, -0.15) is 0 Å². The van der Waals surface area contributed by atoms with Gasteiger partial charge in [0.2, 0.25) is 5.91 Å². The van der Waals surface area contributed by atoms with Crippen molar-refractivity contribution in [3.05, 3.63) is 126 Å². The highest BCUT2D eigenvalue weighted by molar-refractivity contribution is 6.04.